The van der Waals surface area contributed by atoms with Gasteiger partial charge in [0.25, 0.3) is 5.91 Å². The van der Waals surface area contributed by atoms with E-state index >= 15 is 0 Å². The molecule has 27 heavy (non-hydrogen) atoms. The van der Waals surface area contributed by atoms with Crippen molar-refractivity contribution in [3.8, 4) is 11.6 Å². The first kappa shape index (κ1) is 18.7. The van der Waals surface area contributed by atoms with E-state index in [0.717, 1.165) is 12.1 Å². The molecule has 0 spiro atoms. The van der Waals surface area contributed by atoms with Crippen LogP contribution in [0.4, 0.5) is 13.2 Å². The van der Waals surface area contributed by atoms with Crippen molar-refractivity contribution in [1.82, 2.24) is 9.88 Å². The zero-order valence-electron chi connectivity index (χ0n) is 13.9. The number of carboxylic acids is 1. The lowest BCUT2D eigenvalue weighted by molar-refractivity contribution is -0.141. The summed E-state index contributed by atoms with van der Waals surface area (Å²) in [6, 6.07) is 7.99. The topological polar surface area (TPSA) is 79.7 Å². The van der Waals surface area contributed by atoms with E-state index in [1.807, 2.05) is 0 Å². The van der Waals surface area contributed by atoms with Crippen LogP contribution in [0, 0.1) is 5.92 Å². The number of ether oxygens (including phenoxy) is 1. The molecule has 2 aromatic rings. The molecule has 1 saturated heterocycles. The van der Waals surface area contributed by atoms with Gasteiger partial charge in [-0.3, -0.25) is 9.59 Å². The Balaban J connectivity index is 1.63. The van der Waals surface area contributed by atoms with Gasteiger partial charge in [0.15, 0.2) is 0 Å². The zero-order valence-corrected chi connectivity index (χ0v) is 13.9. The van der Waals surface area contributed by atoms with Gasteiger partial charge < -0.3 is 14.7 Å². The van der Waals surface area contributed by atoms with Crippen molar-refractivity contribution < 1.29 is 32.6 Å². The Morgan fingerprint density at radius 3 is 2.37 bits per heavy atom. The molecule has 1 amide bonds. The standard InChI is InChI=1S/C18H15F3N2O4/c19-18(20,21)13-3-6-15(22-9-13)27-14-4-1-11(2-5-14)16(24)23-8-7-12(10-23)17(25)26/h1-6,9,12H,7-8,10H2,(H,25,26)/t12-/m0/s1. The molecule has 142 valence electrons. The van der Waals surface area contributed by atoms with Crippen molar-refractivity contribution >= 4 is 11.9 Å². The summed E-state index contributed by atoms with van der Waals surface area (Å²) in [5, 5.41) is 9.00. The SMILES string of the molecule is O=C(O)[C@H]1CCN(C(=O)c2ccc(Oc3ccc(C(F)(F)F)cn3)cc2)C1. The number of alkyl halides is 3. The number of carboxylic acid groups (broad SMARTS) is 1. The van der Waals surface area contributed by atoms with Crippen LogP contribution in [-0.4, -0.2) is 40.0 Å². The van der Waals surface area contributed by atoms with Gasteiger partial charge in [0.1, 0.15) is 5.75 Å². The van der Waals surface area contributed by atoms with Gasteiger partial charge in [0.2, 0.25) is 5.88 Å². The summed E-state index contributed by atoms with van der Waals surface area (Å²) in [4.78, 5) is 28.5. The summed E-state index contributed by atoms with van der Waals surface area (Å²) in [5.41, 5.74) is -0.505. The molecule has 1 N–H and O–H groups in total. The monoisotopic (exact) mass is 380 g/mol. The predicted octanol–water partition coefficient (Wildman–Crippen LogP) is 3.44. The van der Waals surface area contributed by atoms with Crippen LogP contribution in [0.15, 0.2) is 42.6 Å². The molecule has 0 bridgehead atoms. The molecule has 6 nitrogen and oxygen atoms in total. The summed E-state index contributed by atoms with van der Waals surface area (Å²) in [5.74, 6) is -1.45. The van der Waals surface area contributed by atoms with Crippen molar-refractivity contribution in [1.29, 1.82) is 0 Å². The average molecular weight is 380 g/mol. The van der Waals surface area contributed by atoms with Gasteiger partial charge in [-0.25, -0.2) is 4.98 Å². The second kappa shape index (κ2) is 7.26. The third-order valence-electron chi connectivity index (χ3n) is 4.21. The number of aliphatic carboxylic acids is 1. The lowest BCUT2D eigenvalue weighted by Crippen LogP contribution is -2.29. The summed E-state index contributed by atoms with van der Waals surface area (Å²) in [6.45, 7) is 0.547. The molecule has 3 rings (SSSR count). The van der Waals surface area contributed by atoms with Gasteiger partial charge in [-0.2, -0.15) is 13.2 Å². The smallest absolute Gasteiger partial charge is 0.417 e. The Hall–Kier alpha value is -3.10. The molecule has 0 saturated carbocycles. The van der Waals surface area contributed by atoms with Crippen LogP contribution in [0.5, 0.6) is 11.6 Å². The molecule has 1 aliphatic heterocycles. The lowest BCUT2D eigenvalue weighted by atomic mass is 10.1. The Morgan fingerprint density at radius 2 is 1.85 bits per heavy atom. The largest absolute Gasteiger partial charge is 0.481 e. The number of carbonyl (C=O) groups is 2. The van der Waals surface area contributed by atoms with Crippen LogP contribution >= 0.6 is 0 Å². The van der Waals surface area contributed by atoms with Crippen molar-refractivity contribution in [2.45, 2.75) is 12.6 Å². The molecule has 1 aromatic carbocycles. The van der Waals surface area contributed by atoms with Gasteiger partial charge in [-0.1, -0.05) is 0 Å². The number of nitrogens with zero attached hydrogens (tertiary/aromatic N) is 2. The molecule has 0 aliphatic carbocycles. The lowest BCUT2D eigenvalue weighted by Gasteiger charge is -2.16. The minimum absolute atomic E-state index is 0.00841. The summed E-state index contributed by atoms with van der Waals surface area (Å²) in [7, 11) is 0. The highest BCUT2D eigenvalue weighted by Crippen LogP contribution is 2.30. The number of benzene rings is 1. The van der Waals surface area contributed by atoms with E-state index < -0.39 is 23.6 Å². The molecule has 1 fully saturated rings. The molecular formula is C18H15F3N2O4. The van der Waals surface area contributed by atoms with E-state index in [1.165, 1.54) is 29.2 Å². The number of likely N-dealkylation sites (tertiary alicyclic amines) is 1. The average Bonchev–Trinajstić information content (AvgIpc) is 3.12. The van der Waals surface area contributed by atoms with E-state index in [1.54, 1.807) is 0 Å². The Labute approximate surface area is 152 Å². The maximum Gasteiger partial charge on any atom is 0.417 e. The van der Waals surface area contributed by atoms with Crippen LogP contribution in [0.3, 0.4) is 0 Å². The highest BCUT2D eigenvalue weighted by Gasteiger charge is 2.32. The van der Waals surface area contributed by atoms with Gasteiger partial charge in [-0.05, 0) is 36.8 Å². The first-order valence-electron chi connectivity index (χ1n) is 8.07. The minimum atomic E-state index is -4.47. The third kappa shape index (κ3) is 4.36. The number of hydrogen-bond donors (Lipinski definition) is 1. The molecule has 9 heteroatoms. The second-order valence-corrected chi connectivity index (χ2v) is 6.08. The first-order valence-corrected chi connectivity index (χ1v) is 8.07. The molecule has 0 radical (unpaired) electrons. The van der Waals surface area contributed by atoms with Crippen LogP contribution in [0.25, 0.3) is 0 Å². The fourth-order valence-electron chi connectivity index (χ4n) is 2.72. The highest BCUT2D eigenvalue weighted by atomic mass is 19.4. The Kier molecular flexibility index (Phi) is 5.02. The van der Waals surface area contributed by atoms with Crippen LogP contribution in [0.2, 0.25) is 0 Å². The number of pyridine rings is 1. The van der Waals surface area contributed by atoms with Crippen LogP contribution < -0.4 is 4.74 Å². The summed E-state index contributed by atoms with van der Waals surface area (Å²) in [6.07, 6.45) is -3.37. The van der Waals surface area contributed by atoms with Crippen LogP contribution in [-0.2, 0) is 11.0 Å². The maximum atomic E-state index is 12.5. The number of amides is 1. The number of halogens is 3. The number of carbonyl (C=O) groups excluding carboxylic acids is 1. The van der Waals surface area contributed by atoms with E-state index in [4.69, 9.17) is 9.84 Å². The fraction of sp³-hybridized carbons (Fsp3) is 0.278. The maximum absolute atomic E-state index is 12.5. The van der Waals surface area contributed by atoms with Gasteiger partial charge in [0, 0.05) is 30.9 Å². The molecular weight excluding hydrogens is 365 g/mol. The number of hydrogen-bond acceptors (Lipinski definition) is 4. The fourth-order valence-corrected chi connectivity index (χ4v) is 2.72. The van der Waals surface area contributed by atoms with Gasteiger partial charge in [-0.15, -0.1) is 0 Å². The second-order valence-electron chi connectivity index (χ2n) is 6.08. The molecule has 0 unspecified atom stereocenters. The first-order chi connectivity index (χ1) is 12.7. The van der Waals surface area contributed by atoms with Crippen molar-refractivity contribution in [2.24, 2.45) is 5.92 Å². The number of aromatic nitrogens is 1. The Bertz CT molecular complexity index is 835. The van der Waals surface area contributed by atoms with E-state index in [9.17, 15) is 22.8 Å². The Morgan fingerprint density at radius 1 is 1.15 bits per heavy atom. The minimum Gasteiger partial charge on any atom is -0.481 e. The normalized spacial score (nSPS) is 17.0. The van der Waals surface area contributed by atoms with Gasteiger partial charge in [0.05, 0.1) is 11.5 Å². The zero-order chi connectivity index (χ0) is 19.6. The van der Waals surface area contributed by atoms with Crippen molar-refractivity contribution in [3.63, 3.8) is 0 Å². The molecule has 1 aromatic heterocycles. The van der Waals surface area contributed by atoms with E-state index in [0.29, 0.717) is 30.5 Å². The van der Waals surface area contributed by atoms with Crippen molar-refractivity contribution in [3.05, 3.63) is 53.7 Å². The summed E-state index contributed by atoms with van der Waals surface area (Å²) < 4.78 is 42.9. The van der Waals surface area contributed by atoms with E-state index in [-0.39, 0.29) is 18.3 Å². The van der Waals surface area contributed by atoms with Crippen LogP contribution in [0.1, 0.15) is 22.3 Å². The number of rotatable bonds is 4. The summed E-state index contributed by atoms with van der Waals surface area (Å²) >= 11 is 0. The molecule has 1 aliphatic rings. The quantitative estimate of drug-likeness (QED) is 0.879. The highest BCUT2D eigenvalue weighted by molar-refractivity contribution is 5.95. The predicted molar refractivity (Wildman–Crippen MR) is 87.4 cm³/mol. The van der Waals surface area contributed by atoms with Gasteiger partial charge >= 0.3 is 12.1 Å². The molecule has 1 atom stereocenters. The third-order valence-corrected chi connectivity index (χ3v) is 4.21. The van der Waals surface area contributed by atoms with E-state index in [2.05, 4.69) is 4.98 Å². The molecule has 2 heterocycles. The van der Waals surface area contributed by atoms with Crippen molar-refractivity contribution in [2.75, 3.05) is 13.1 Å².